The van der Waals surface area contributed by atoms with Crippen LogP contribution in [-0.4, -0.2) is 21.5 Å². The summed E-state index contributed by atoms with van der Waals surface area (Å²) in [7, 11) is -3.78. The number of anilines is 1. The molecule has 6 nitrogen and oxygen atoms in total. The first-order valence-electron chi connectivity index (χ1n) is 3.34. The number of nitrogens with one attached hydrogen (secondary N) is 1. The molecule has 0 spiro atoms. The smallest absolute Gasteiger partial charge is 0.378 e. The van der Waals surface area contributed by atoms with Crippen molar-refractivity contribution in [2.75, 3.05) is 12.3 Å². The predicted molar refractivity (Wildman–Crippen MR) is 44.1 cm³/mol. The van der Waals surface area contributed by atoms with E-state index in [1.807, 2.05) is 0 Å². The number of nitrogens with zero attached hydrogens (tertiary/aromatic N) is 1. The Kier molecular flexibility index (Phi) is 2.52. The fraction of sp³-hybridized carbons (Fsp3) is 0.400. The lowest BCUT2D eigenvalue weighted by atomic mass is 10.8. The highest BCUT2D eigenvalue weighted by Gasteiger charge is 2.26. The van der Waals surface area contributed by atoms with Crippen molar-refractivity contribution in [2.24, 2.45) is 0 Å². The van der Waals surface area contributed by atoms with E-state index in [1.165, 1.54) is 6.33 Å². The van der Waals surface area contributed by atoms with E-state index in [4.69, 9.17) is 5.73 Å². The van der Waals surface area contributed by atoms with E-state index in [-0.39, 0.29) is 17.9 Å². The van der Waals surface area contributed by atoms with Gasteiger partial charge in [-0.05, 0) is 6.92 Å². The summed E-state index contributed by atoms with van der Waals surface area (Å²) in [6.07, 6.45) is 1.24. The van der Waals surface area contributed by atoms with Crippen LogP contribution in [0.4, 0.5) is 5.82 Å². The summed E-state index contributed by atoms with van der Waals surface area (Å²) in [5, 5.41) is 0. The lowest BCUT2D eigenvalue weighted by molar-refractivity contribution is 0.283. The molecule has 12 heavy (non-hydrogen) atoms. The first kappa shape index (κ1) is 9.25. The maximum atomic E-state index is 11.3. The van der Waals surface area contributed by atoms with Gasteiger partial charge in [-0.1, -0.05) is 0 Å². The van der Waals surface area contributed by atoms with E-state index in [2.05, 4.69) is 14.5 Å². The third kappa shape index (κ3) is 1.66. The minimum atomic E-state index is -3.78. The molecule has 7 heteroatoms. The van der Waals surface area contributed by atoms with Gasteiger partial charge >= 0.3 is 7.60 Å². The van der Waals surface area contributed by atoms with Crippen LogP contribution in [0.2, 0.25) is 0 Å². The van der Waals surface area contributed by atoms with Crippen molar-refractivity contribution < 1.29 is 14.0 Å². The molecular formula is C5H10N3O3P. The van der Waals surface area contributed by atoms with Crippen LogP contribution >= 0.6 is 7.60 Å². The Morgan fingerprint density at radius 1 is 1.92 bits per heavy atom. The molecule has 1 rings (SSSR count). The van der Waals surface area contributed by atoms with Crippen molar-refractivity contribution in [3.05, 3.63) is 6.33 Å². The molecule has 0 fully saturated rings. The number of nitrogens with two attached hydrogens (primary N) is 1. The molecule has 68 valence electrons. The van der Waals surface area contributed by atoms with E-state index in [1.54, 1.807) is 6.92 Å². The van der Waals surface area contributed by atoms with Crippen LogP contribution in [0.1, 0.15) is 6.92 Å². The Bertz CT molecular complexity index is 311. The maximum Gasteiger partial charge on any atom is 0.378 e. The van der Waals surface area contributed by atoms with Crippen LogP contribution in [-0.2, 0) is 9.09 Å². The zero-order valence-corrected chi connectivity index (χ0v) is 7.41. The molecule has 0 aliphatic rings. The van der Waals surface area contributed by atoms with Crippen molar-refractivity contribution in [1.29, 1.82) is 0 Å². The van der Waals surface area contributed by atoms with Gasteiger partial charge in [-0.3, -0.25) is 4.57 Å². The van der Waals surface area contributed by atoms with Crippen LogP contribution in [0.25, 0.3) is 0 Å². The van der Waals surface area contributed by atoms with Gasteiger partial charge in [0.05, 0.1) is 12.9 Å². The van der Waals surface area contributed by atoms with Gasteiger partial charge in [0, 0.05) is 0 Å². The van der Waals surface area contributed by atoms with Crippen LogP contribution in [0.3, 0.4) is 0 Å². The molecule has 0 saturated carbocycles. The molecule has 0 radical (unpaired) electrons. The number of aromatic amines is 1. The second-order valence-corrected chi connectivity index (χ2v) is 3.82. The number of hydrogen-bond donors (Lipinski definition) is 3. The molecule has 1 aromatic heterocycles. The molecule has 1 aromatic rings. The Balaban J connectivity index is 2.97. The summed E-state index contributed by atoms with van der Waals surface area (Å²) in [5.74, 6) is -0.00529. The predicted octanol–water partition coefficient (Wildman–Crippen LogP) is -0.161. The molecule has 0 aliphatic heterocycles. The molecule has 0 amide bonds. The molecule has 1 atom stereocenters. The van der Waals surface area contributed by atoms with Crippen molar-refractivity contribution in [2.45, 2.75) is 6.92 Å². The minimum Gasteiger partial charge on any atom is -0.382 e. The molecule has 0 aliphatic carbocycles. The Morgan fingerprint density at radius 3 is 3.00 bits per heavy atom. The molecule has 1 unspecified atom stereocenters. The van der Waals surface area contributed by atoms with Crippen LogP contribution in [0, 0.1) is 0 Å². The largest absolute Gasteiger partial charge is 0.382 e. The number of nitrogen functional groups attached to an aromatic ring is 1. The number of H-pyrrole nitrogens is 1. The van der Waals surface area contributed by atoms with E-state index in [9.17, 15) is 9.46 Å². The summed E-state index contributed by atoms with van der Waals surface area (Å²) in [4.78, 5) is 15.3. The highest BCUT2D eigenvalue weighted by molar-refractivity contribution is 7.61. The van der Waals surface area contributed by atoms with E-state index >= 15 is 0 Å². The maximum absolute atomic E-state index is 11.3. The van der Waals surface area contributed by atoms with Crippen LogP contribution < -0.4 is 11.2 Å². The summed E-state index contributed by atoms with van der Waals surface area (Å²) >= 11 is 0. The quantitative estimate of drug-likeness (QED) is 0.576. The first-order chi connectivity index (χ1) is 5.58. The van der Waals surface area contributed by atoms with Crippen molar-refractivity contribution >= 4 is 18.8 Å². The van der Waals surface area contributed by atoms with E-state index in [0.29, 0.717) is 0 Å². The van der Waals surface area contributed by atoms with Crippen molar-refractivity contribution in [3.63, 3.8) is 0 Å². The van der Waals surface area contributed by atoms with Gasteiger partial charge in [0.1, 0.15) is 0 Å². The summed E-state index contributed by atoms with van der Waals surface area (Å²) in [5.41, 5.74) is 5.25. The molecule has 0 bridgehead atoms. The Labute approximate surface area is 69.3 Å². The monoisotopic (exact) mass is 191 g/mol. The molecule has 4 N–H and O–H groups in total. The fourth-order valence-electron chi connectivity index (χ4n) is 0.764. The number of aromatic nitrogens is 2. The van der Waals surface area contributed by atoms with Crippen molar-refractivity contribution in [1.82, 2.24) is 9.97 Å². The average Bonchev–Trinajstić information content (AvgIpc) is 2.35. The van der Waals surface area contributed by atoms with Gasteiger partial charge < -0.3 is 20.1 Å². The SMILES string of the molecule is CCOP(=O)(O)c1[nH]cnc1N. The van der Waals surface area contributed by atoms with Crippen molar-refractivity contribution in [3.8, 4) is 0 Å². The fourth-order valence-corrected chi connectivity index (χ4v) is 1.81. The molecule has 1 heterocycles. The zero-order chi connectivity index (χ0) is 9.19. The van der Waals surface area contributed by atoms with Gasteiger partial charge in [0.15, 0.2) is 11.3 Å². The topological polar surface area (TPSA) is 101 Å². The third-order valence-electron chi connectivity index (χ3n) is 1.23. The Hall–Kier alpha value is -0.840. The van der Waals surface area contributed by atoms with Gasteiger partial charge in [-0.15, -0.1) is 0 Å². The van der Waals surface area contributed by atoms with Gasteiger partial charge in [-0.25, -0.2) is 4.98 Å². The van der Waals surface area contributed by atoms with Crippen LogP contribution in [0.5, 0.6) is 0 Å². The zero-order valence-electron chi connectivity index (χ0n) is 6.52. The lowest BCUT2D eigenvalue weighted by Crippen LogP contribution is -2.12. The minimum absolute atomic E-state index is 0.00529. The second-order valence-electron chi connectivity index (χ2n) is 2.07. The molecule has 0 aromatic carbocycles. The molecule has 0 saturated heterocycles. The summed E-state index contributed by atoms with van der Waals surface area (Å²) in [6, 6.07) is 0. The standard InChI is InChI=1S/C5H10N3O3P/c1-2-11-12(9,10)5-4(6)7-3-8-5/h3H,2,6H2,1H3,(H,7,8)(H,9,10). The van der Waals surface area contributed by atoms with Gasteiger partial charge in [-0.2, -0.15) is 0 Å². The van der Waals surface area contributed by atoms with E-state index in [0.717, 1.165) is 0 Å². The summed E-state index contributed by atoms with van der Waals surface area (Å²) in [6.45, 7) is 1.77. The Morgan fingerprint density at radius 2 is 2.58 bits per heavy atom. The van der Waals surface area contributed by atoms with E-state index < -0.39 is 7.60 Å². The van der Waals surface area contributed by atoms with Gasteiger partial charge in [0.2, 0.25) is 0 Å². The molecular weight excluding hydrogens is 181 g/mol. The number of hydrogen-bond acceptors (Lipinski definition) is 4. The number of rotatable bonds is 3. The average molecular weight is 191 g/mol. The summed E-state index contributed by atoms with van der Waals surface area (Å²) < 4.78 is 15.9. The second kappa shape index (κ2) is 3.26. The van der Waals surface area contributed by atoms with Gasteiger partial charge in [0.25, 0.3) is 0 Å². The third-order valence-corrected chi connectivity index (χ3v) is 2.77. The normalized spacial score (nSPS) is 15.8. The van der Waals surface area contributed by atoms with Crippen LogP contribution in [0.15, 0.2) is 6.33 Å². The highest BCUT2D eigenvalue weighted by atomic mass is 31.2. The highest BCUT2D eigenvalue weighted by Crippen LogP contribution is 2.40. The number of imidazole rings is 1. The lowest BCUT2D eigenvalue weighted by Gasteiger charge is -2.08. The first-order valence-corrected chi connectivity index (χ1v) is 4.92.